The molecule has 0 amide bonds. The number of carboxylic acids is 1. The molecule has 3 aliphatic rings. The third-order valence-electron chi connectivity index (χ3n) is 8.67. The highest BCUT2D eigenvalue weighted by atomic mass is 16.5. The topological polar surface area (TPSA) is 49.8 Å². The van der Waals surface area contributed by atoms with Crippen molar-refractivity contribution in [3.8, 4) is 5.75 Å². The lowest BCUT2D eigenvalue weighted by atomic mass is 9.72. The number of benzene rings is 2. The third-order valence-corrected chi connectivity index (χ3v) is 8.67. The maximum absolute atomic E-state index is 11.4. The highest BCUT2D eigenvalue weighted by molar-refractivity contribution is 5.84. The first-order valence-corrected chi connectivity index (χ1v) is 13.2. The Morgan fingerprint density at radius 3 is 2.48 bits per heavy atom. The van der Waals surface area contributed by atoms with Gasteiger partial charge in [-0.1, -0.05) is 44.4 Å². The van der Waals surface area contributed by atoms with Crippen LogP contribution in [0.5, 0.6) is 5.75 Å². The van der Waals surface area contributed by atoms with E-state index in [1.807, 2.05) is 0 Å². The van der Waals surface area contributed by atoms with Crippen molar-refractivity contribution in [1.29, 1.82) is 0 Å². The number of hydrogen-bond acceptors (Lipinski definition) is 3. The number of nitrogens with zero attached hydrogens (tertiary/aromatic N) is 1. The molecule has 4 nitrogen and oxygen atoms in total. The molecule has 2 aromatic carbocycles. The summed E-state index contributed by atoms with van der Waals surface area (Å²) < 4.78 is 6.32. The van der Waals surface area contributed by atoms with Gasteiger partial charge in [-0.15, -0.1) is 0 Å². The number of ether oxygens (including phenoxy) is 1. The van der Waals surface area contributed by atoms with Crippen LogP contribution in [0.2, 0.25) is 0 Å². The molecular formula is C29H39NO3. The summed E-state index contributed by atoms with van der Waals surface area (Å²) >= 11 is 0. The first kappa shape index (κ1) is 22.7. The SMILES string of the molecule is CC[C@H]1CC[C@@H](Oc2ccc3cc(CN4CC(C5CCCC(C(=O)O)C5)C4)ccc3c2)CC1. The van der Waals surface area contributed by atoms with Crippen LogP contribution in [0.4, 0.5) is 0 Å². The van der Waals surface area contributed by atoms with E-state index in [0.717, 1.165) is 50.6 Å². The lowest BCUT2D eigenvalue weighted by Crippen LogP contribution is -2.50. The molecule has 1 saturated heterocycles. The molecule has 5 rings (SSSR count). The minimum Gasteiger partial charge on any atom is -0.490 e. The molecule has 2 aliphatic carbocycles. The van der Waals surface area contributed by atoms with Gasteiger partial charge < -0.3 is 9.84 Å². The second kappa shape index (κ2) is 10.0. The molecular weight excluding hydrogens is 410 g/mol. The molecule has 0 spiro atoms. The molecule has 0 bridgehead atoms. The van der Waals surface area contributed by atoms with Crippen LogP contribution in [-0.4, -0.2) is 35.2 Å². The van der Waals surface area contributed by atoms with Gasteiger partial charge >= 0.3 is 5.97 Å². The van der Waals surface area contributed by atoms with Crippen molar-refractivity contribution in [2.24, 2.45) is 23.7 Å². The van der Waals surface area contributed by atoms with Crippen LogP contribution in [-0.2, 0) is 11.3 Å². The van der Waals surface area contributed by atoms with Crippen molar-refractivity contribution < 1.29 is 14.6 Å². The van der Waals surface area contributed by atoms with E-state index in [1.54, 1.807) is 0 Å². The van der Waals surface area contributed by atoms with Crippen LogP contribution < -0.4 is 4.74 Å². The van der Waals surface area contributed by atoms with Crippen molar-refractivity contribution in [1.82, 2.24) is 4.90 Å². The van der Waals surface area contributed by atoms with E-state index in [0.29, 0.717) is 17.9 Å². The molecule has 4 heteroatoms. The van der Waals surface area contributed by atoms with Crippen molar-refractivity contribution in [3.05, 3.63) is 42.0 Å². The Hall–Kier alpha value is -2.07. The highest BCUT2D eigenvalue weighted by Gasteiger charge is 2.37. The van der Waals surface area contributed by atoms with E-state index in [2.05, 4.69) is 48.2 Å². The first-order chi connectivity index (χ1) is 16.1. The summed E-state index contributed by atoms with van der Waals surface area (Å²) in [5.41, 5.74) is 1.36. The molecule has 0 radical (unpaired) electrons. The fourth-order valence-corrected chi connectivity index (χ4v) is 6.47. The standard InChI is InChI=1S/C29H39NO3/c1-2-20-7-11-27(12-8-20)33-28-13-10-23-14-21(6-9-24(23)16-28)17-30-18-26(19-30)22-4-3-5-25(15-22)29(31)32/h6,9-10,13-14,16,20,22,25-27H,2-5,7-8,11-12,15,17-19H2,1H3,(H,31,32)/t20-,22?,25?,27+. The lowest BCUT2D eigenvalue weighted by Gasteiger charge is -2.45. The molecule has 2 unspecified atom stereocenters. The fraction of sp³-hybridized carbons (Fsp3) is 0.621. The molecule has 0 aromatic heterocycles. The highest BCUT2D eigenvalue weighted by Crippen LogP contribution is 2.38. The van der Waals surface area contributed by atoms with Crippen molar-refractivity contribution in [2.45, 2.75) is 77.4 Å². The van der Waals surface area contributed by atoms with Gasteiger partial charge in [0, 0.05) is 19.6 Å². The number of hydrogen-bond donors (Lipinski definition) is 1. The zero-order valence-corrected chi connectivity index (χ0v) is 20.0. The van der Waals surface area contributed by atoms with Crippen molar-refractivity contribution in [2.75, 3.05) is 13.1 Å². The maximum atomic E-state index is 11.4. The Kier molecular flexibility index (Phi) is 6.91. The molecule has 1 heterocycles. The number of carbonyl (C=O) groups is 1. The van der Waals surface area contributed by atoms with E-state index >= 15 is 0 Å². The van der Waals surface area contributed by atoms with Crippen LogP contribution >= 0.6 is 0 Å². The van der Waals surface area contributed by atoms with Gasteiger partial charge in [-0.25, -0.2) is 0 Å². The van der Waals surface area contributed by atoms with Crippen LogP contribution in [0.25, 0.3) is 10.8 Å². The quantitative estimate of drug-likeness (QED) is 0.523. The molecule has 1 aliphatic heterocycles. The Balaban J connectivity index is 1.13. The molecule has 3 fully saturated rings. The predicted octanol–water partition coefficient (Wildman–Crippen LogP) is 6.51. The predicted molar refractivity (Wildman–Crippen MR) is 132 cm³/mol. The van der Waals surface area contributed by atoms with Gasteiger partial charge in [-0.3, -0.25) is 9.69 Å². The molecule has 2 saturated carbocycles. The monoisotopic (exact) mass is 449 g/mol. The van der Waals surface area contributed by atoms with Gasteiger partial charge in [0.2, 0.25) is 0 Å². The minimum atomic E-state index is -0.593. The third kappa shape index (κ3) is 5.37. The average molecular weight is 450 g/mol. The Labute approximate surface area is 198 Å². The normalized spacial score (nSPS) is 29.0. The second-order valence-corrected chi connectivity index (χ2v) is 10.9. The summed E-state index contributed by atoms with van der Waals surface area (Å²) in [6, 6.07) is 13.4. The van der Waals surface area contributed by atoms with Gasteiger partial charge in [0.15, 0.2) is 0 Å². The van der Waals surface area contributed by atoms with Gasteiger partial charge in [0.25, 0.3) is 0 Å². The van der Waals surface area contributed by atoms with Crippen LogP contribution in [0.3, 0.4) is 0 Å². The summed E-state index contributed by atoms with van der Waals surface area (Å²) in [6.07, 6.45) is 10.7. The van der Waals surface area contributed by atoms with Gasteiger partial charge in [-0.05, 0) is 90.8 Å². The molecule has 2 atom stereocenters. The molecule has 33 heavy (non-hydrogen) atoms. The fourth-order valence-electron chi connectivity index (χ4n) is 6.47. The summed E-state index contributed by atoms with van der Waals surface area (Å²) in [5, 5.41) is 11.9. The van der Waals surface area contributed by atoms with Crippen LogP contribution in [0, 0.1) is 23.7 Å². The lowest BCUT2D eigenvalue weighted by molar-refractivity contribution is -0.144. The smallest absolute Gasteiger partial charge is 0.306 e. The Morgan fingerprint density at radius 1 is 0.970 bits per heavy atom. The van der Waals surface area contributed by atoms with Crippen molar-refractivity contribution >= 4 is 16.7 Å². The zero-order valence-electron chi connectivity index (χ0n) is 20.0. The number of carboxylic acid groups (broad SMARTS) is 1. The number of aliphatic carboxylic acids is 1. The maximum Gasteiger partial charge on any atom is 0.306 e. The van der Waals surface area contributed by atoms with Gasteiger partial charge in [0.05, 0.1) is 12.0 Å². The van der Waals surface area contributed by atoms with Crippen LogP contribution in [0.15, 0.2) is 36.4 Å². The van der Waals surface area contributed by atoms with E-state index in [-0.39, 0.29) is 5.92 Å². The minimum absolute atomic E-state index is 0.112. The zero-order chi connectivity index (χ0) is 22.8. The van der Waals surface area contributed by atoms with E-state index in [1.165, 1.54) is 54.9 Å². The first-order valence-electron chi connectivity index (χ1n) is 13.2. The Morgan fingerprint density at radius 2 is 1.73 bits per heavy atom. The van der Waals surface area contributed by atoms with Gasteiger partial charge in [0.1, 0.15) is 5.75 Å². The van der Waals surface area contributed by atoms with E-state index < -0.39 is 5.97 Å². The summed E-state index contributed by atoms with van der Waals surface area (Å²) in [4.78, 5) is 13.9. The van der Waals surface area contributed by atoms with E-state index in [9.17, 15) is 9.90 Å². The number of likely N-dealkylation sites (tertiary alicyclic amines) is 1. The number of rotatable bonds is 7. The molecule has 178 valence electrons. The van der Waals surface area contributed by atoms with E-state index in [4.69, 9.17) is 4.74 Å². The molecule has 2 aromatic rings. The second-order valence-electron chi connectivity index (χ2n) is 10.9. The largest absolute Gasteiger partial charge is 0.490 e. The number of fused-ring (bicyclic) bond motifs is 1. The van der Waals surface area contributed by atoms with Crippen LogP contribution in [0.1, 0.15) is 70.3 Å². The Bertz CT molecular complexity index is 958. The average Bonchev–Trinajstić information content (AvgIpc) is 2.81. The van der Waals surface area contributed by atoms with Gasteiger partial charge in [-0.2, -0.15) is 0 Å². The summed E-state index contributed by atoms with van der Waals surface area (Å²) in [7, 11) is 0. The summed E-state index contributed by atoms with van der Waals surface area (Å²) in [6.45, 7) is 5.52. The summed E-state index contributed by atoms with van der Waals surface area (Å²) in [5.74, 6) is 2.48. The molecule has 1 N–H and O–H groups in total. The van der Waals surface area contributed by atoms with Crippen molar-refractivity contribution in [3.63, 3.8) is 0 Å².